The second-order valence-corrected chi connectivity index (χ2v) is 9.03. The van der Waals surface area contributed by atoms with Gasteiger partial charge in [0.2, 0.25) is 10.0 Å². The molecule has 1 N–H and O–H groups in total. The van der Waals surface area contributed by atoms with Crippen LogP contribution in [0.25, 0.3) is 6.08 Å². The van der Waals surface area contributed by atoms with Gasteiger partial charge in [-0.05, 0) is 31.7 Å². The van der Waals surface area contributed by atoms with E-state index in [2.05, 4.69) is 36.5 Å². The summed E-state index contributed by atoms with van der Waals surface area (Å²) in [5.74, 6) is 0.322. The van der Waals surface area contributed by atoms with Crippen LogP contribution in [0.2, 0.25) is 0 Å². The second kappa shape index (κ2) is 8.08. The van der Waals surface area contributed by atoms with Gasteiger partial charge in [0.05, 0.1) is 5.25 Å². The highest BCUT2D eigenvalue weighted by atomic mass is 32.2. The molecule has 1 fully saturated rings. The Morgan fingerprint density at radius 2 is 2.00 bits per heavy atom. The van der Waals surface area contributed by atoms with E-state index in [1.165, 1.54) is 5.56 Å². The van der Waals surface area contributed by atoms with Crippen molar-refractivity contribution in [3.63, 3.8) is 0 Å². The summed E-state index contributed by atoms with van der Waals surface area (Å²) >= 11 is 0. The Hall–Kier alpha value is -1.17. The van der Waals surface area contributed by atoms with Crippen LogP contribution in [0.5, 0.6) is 0 Å². The molecule has 0 radical (unpaired) electrons. The van der Waals surface area contributed by atoms with Crippen molar-refractivity contribution in [2.75, 3.05) is 19.6 Å². The summed E-state index contributed by atoms with van der Waals surface area (Å²) in [5, 5.41) is 3.19. The van der Waals surface area contributed by atoms with Gasteiger partial charge < -0.3 is 5.32 Å². The van der Waals surface area contributed by atoms with Crippen LogP contribution < -0.4 is 5.32 Å². The first-order valence-corrected chi connectivity index (χ1v) is 9.85. The first-order valence-electron chi connectivity index (χ1n) is 8.35. The third-order valence-corrected chi connectivity index (χ3v) is 6.67. The Balaban J connectivity index is 1.82. The summed E-state index contributed by atoms with van der Waals surface area (Å²) in [5.41, 5.74) is 1.19. The lowest BCUT2D eigenvalue weighted by Gasteiger charge is -2.37. The summed E-state index contributed by atoms with van der Waals surface area (Å²) in [6.45, 7) is 7.66. The number of benzene rings is 1. The molecule has 0 amide bonds. The highest BCUT2D eigenvalue weighted by Crippen LogP contribution is 2.21. The first kappa shape index (κ1) is 18.2. The van der Waals surface area contributed by atoms with E-state index in [9.17, 15) is 8.42 Å². The van der Waals surface area contributed by atoms with Crippen LogP contribution in [-0.2, 0) is 10.0 Å². The van der Waals surface area contributed by atoms with E-state index in [1.807, 2.05) is 18.2 Å². The minimum Gasteiger partial charge on any atom is -0.310 e. The molecule has 2 atom stereocenters. The molecule has 2 unspecified atom stereocenters. The van der Waals surface area contributed by atoms with Crippen LogP contribution in [0.1, 0.15) is 32.8 Å². The third-order valence-electron chi connectivity index (χ3n) is 4.43. The molecule has 1 aromatic carbocycles. The fraction of sp³-hybridized carbons (Fsp3) is 0.556. The van der Waals surface area contributed by atoms with Crippen molar-refractivity contribution >= 4 is 16.1 Å². The highest BCUT2D eigenvalue weighted by Gasteiger charge is 2.33. The maximum atomic E-state index is 12.2. The van der Waals surface area contributed by atoms with Crippen LogP contribution in [-0.4, -0.2) is 43.6 Å². The monoisotopic (exact) mass is 336 g/mol. The van der Waals surface area contributed by atoms with Gasteiger partial charge >= 0.3 is 0 Å². The zero-order chi connectivity index (χ0) is 16.9. The van der Waals surface area contributed by atoms with Crippen molar-refractivity contribution in [2.24, 2.45) is 5.92 Å². The third kappa shape index (κ3) is 4.90. The van der Waals surface area contributed by atoms with Crippen molar-refractivity contribution in [2.45, 2.75) is 38.5 Å². The minimum absolute atomic E-state index is 0.322. The minimum atomic E-state index is -3.13. The predicted molar refractivity (Wildman–Crippen MR) is 96.7 cm³/mol. The van der Waals surface area contributed by atoms with Gasteiger partial charge in [-0.25, -0.2) is 12.7 Å². The van der Waals surface area contributed by atoms with E-state index in [0.29, 0.717) is 25.0 Å². The van der Waals surface area contributed by atoms with Crippen molar-refractivity contribution in [3.8, 4) is 0 Å². The second-order valence-electron chi connectivity index (χ2n) is 6.55. The Bertz CT molecular complexity index is 611. The predicted octanol–water partition coefficient (Wildman–Crippen LogP) is 2.74. The van der Waals surface area contributed by atoms with Crippen molar-refractivity contribution < 1.29 is 8.42 Å². The molecule has 1 aliphatic heterocycles. The van der Waals surface area contributed by atoms with Crippen LogP contribution >= 0.6 is 0 Å². The van der Waals surface area contributed by atoms with Crippen LogP contribution in [0.15, 0.2) is 36.4 Å². The summed E-state index contributed by atoms with van der Waals surface area (Å²) in [6.07, 6.45) is 5.10. The van der Waals surface area contributed by atoms with E-state index in [4.69, 9.17) is 0 Å². The molecule has 0 aromatic heterocycles. The van der Waals surface area contributed by atoms with Gasteiger partial charge in [0, 0.05) is 25.7 Å². The zero-order valence-corrected chi connectivity index (χ0v) is 15.1. The molecule has 5 heteroatoms. The van der Waals surface area contributed by atoms with Crippen LogP contribution in [0.3, 0.4) is 0 Å². The van der Waals surface area contributed by atoms with Gasteiger partial charge in [-0.3, -0.25) is 0 Å². The summed E-state index contributed by atoms with van der Waals surface area (Å²) in [7, 11) is -3.13. The van der Waals surface area contributed by atoms with Gasteiger partial charge in [0.25, 0.3) is 0 Å². The average Bonchev–Trinajstić information content (AvgIpc) is 2.53. The van der Waals surface area contributed by atoms with Gasteiger partial charge in [0.15, 0.2) is 0 Å². The molecule has 0 saturated carbocycles. The molecule has 0 aliphatic carbocycles. The summed E-state index contributed by atoms with van der Waals surface area (Å²) < 4.78 is 26.2. The lowest BCUT2D eigenvalue weighted by atomic mass is 9.95. The van der Waals surface area contributed by atoms with Gasteiger partial charge in [-0.2, -0.15) is 0 Å². The molecule has 0 spiro atoms. The molecule has 1 saturated heterocycles. The van der Waals surface area contributed by atoms with Crippen LogP contribution in [0.4, 0.5) is 0 Å². The maximum Gasteiger partial charge on any atom is 0.216 e. The Labute approximate surface area is 140 Å². The molecule has 1 aliphatic rings. The average molecular weight is 337 g/mol. The molecule has 128 valence electrons. The number of hydrogen-bond donors (Lipinski definition) is 1. The lowest BCUT2D eigenvalue weighted by Crippen LogP contribution is -2.51. The summed E-state index contributed by atoms with van der Waals surface area (Å²) in [6, 6.07) is 10.6. The smallest absolute Gasteiger partial charge is 0.216 e. The molecule has 23 heavy (non-hydrogen) atoms. The zero-order valence-electron chi connectivity index (χ0n) is 14.3. The highest BCUT2D eigenvalue weighted by molar-refractivity contribution is 7.89. The standard InChI is InChI=1S/C18H28N2O2S/c1-15(2)23(21,22)20-13-11-18(16(3)14-20)19-12-7-10-17-8-5-4-6-9-17/h4-10,15-16,18-19H,11-14H2,1-3H3. The van der Waals surface area contributed by atoms with E-state index >= 15 is 0 Å². The topological polar surface area (TPSA) is 49.4 Å². The normalized spacial score (nSPS) is 23.7. The Morgan fingerprint density at radius 1 is 1.30 bits per heavy atom. The lowest BCUT2D eigenvalue weighted by molar-refractivity contribution is 0.223. The molecule has 1 aromatic rings. The molecule has 4 nitrogen and oxygen atoms in total. The molecule has 0 bridgehead atoms. The molecule has 1 heterocycles. The number of nitrogens with zero attached hydrogens (tertiary/aromatic N) is 1. The number of sulfonamides is 1. The fourth-order valence-corrected chi connectivity index (χ4v) is 4.32. The van der Waals surface area contributed by atoms with Crippen molar-refractivity contribution in [1.29, 1.82) is 0 Å². The number of hydrogen-bond acceptors (Lipinski definition) is 3. The van der Waals surface area contributed by atoms with Gasteiger partial charge in [-0.15, -0.1) is 0 Å². The quantitative estimate of drug-likeness (QED) is 0.869. The van der Waals surface area contributed by atoms with Crippen molar-refractivity contribution in [1.82, 2.24) is 9.62 Å². The van der Waals surface area contributed by atoms with E-state index < -0.39 is 10.0 Å². The first-order chi connectivity index (χ1) is 10.9. The molecular weight excluding hydrogens is 308 g/mol. The largest absolute Gasteiger partial charge is 0.310 e. The fourth-order valence-electron chi connectivity index (χ4n) is 2.92. The van der Waals surface area contributed by atoms with E-state index in [0.717, 1.165) is 13.0 Å². The van der Waals surface area contributed by atoms with E-state index in [1.54, 1.807) is 18.2 Å². The van der Waals surface area contributed by atoms with Crippen LogP contribution in [0, 0.1) is 5.92 Å². The van der Waals surface area contributed by atoms with Gasteiger partial charge in [0.1, 0.15) is 0 Å². The molecular formula is C18H28N2O2S. The number of rotatable bonds is 6. The maximum absolute atomic E-state index is 12.2. The van der Waals surface area contributed by atoms with Gasteiger partial charge in [-0.1, -0.05) is 49.4 Å². The number of piperidine rings is 1. The number of nitrogens with one attached hydrogen (secondary N) is 1. The van der Waals surface area contributed by atoms with Crippen molar-refractivity contribution in [3.05, 3.63) is 42.0 Å². The Morgan fingerprint density at radius 3 is 2.61 bits per heavy atom. The molecule has 2 rings (SSSR count). The SMILES string of the molecule is CC1CN(S(=O)(=O)C(C)C)CCC1NCC=Cc1ccccc1. The Kier molecular flexibility index (Phi) is 6.39. The summed E-state index contributed by atoms with van der Waals surface area (Å²) in [4.78, 5) is 0. The van der Waals surface area contributed by atoms with E-state index in [-0.39, 0.29) is 5.25 Å².